The van der Waals surface area contributed by atoms with E-state index in [-0.39, 0.29) is 0 Å². The van der Waals surface area contributed by atoms with Gasteiger partial charge in [0.15, 0.2) is 0 Å². The van der Waals surface area contributed by atoms with Crippen LogP contribution in [-0.4, -0.2) is 0 Å². The topological polar surface area (TPSA) is 29.3 Å². The van der Waals surface area contributed by atoms with Gasteiger partial charge in [-0.15, -0.1) is 0 Å². The van der Waals surface area contributed by atoms with Crippen LogP contribution in [0.1, 0.15) is 0 Å². The molecule has 0 aromatic heterocycles. The normalized spacial score (nSPS) is 10.5. The van der Waals surface area contributed by atoms with Gasteiger partial charge in [0.2, 0.25) is 0 Å². The smallest absolute Gasteiger partial charge is 0.0945 e. The zero-order valence-electron chi connectivity index (χ0n) is 11.7. The van der Waals surface area contributed by atoms with E-state index in [0.29, 0.717) is 11.4 Å². The molecule has 0 aliphatic heterocycles. The number of halogens is 2. The van der Waals surface area contributed by atoms with Gasteiger partial charge >= 0.3 is 0 Å². The fourth-order valence-corrected chi connectivity index (χ4v) is 2.82. The van der Waals surface area contributed by atoms with Gasteiger partial charge in [0.1, 0.15) is 0 Å². The van der Waals surface area contributed by atoms with Crippen molar-refractivity contribution >= 4 is 34.9 Å². The van der Waals surface area contributed by atoms with Crippen molar-refractivity contribution in [3.8, 4) is 22.3 Å². The first kappa shape index (κ1) is 14.8. The van der Waals surface area contributed by atoms with Gasteiger partial charge in [-0.25, -0.2) is 0 Å². The number of nitrogen functional groups attached to an aromatic ring is 1. The minimum absolute atomic E-state index is 0.553. The van der Waals surface area contributed by atoms with E-state index < -0.39 is 0 Å². The summed E-state index contributed by atoms with van der Waals surface area (Å²) in [4.78, 5) is 0. The average molecular weight is 329 g/mol. The van der Waals surface area contributed by atoms with E-state index in [0.717, 1.165) is 26.2 Å². The van der Waals surface area contributed by atoms with Crippen LogP contribution in [0.2, 0.25) is 0 Å². The summed E-state index contributed by atoms with van der Waals surface area (Å²) in [5.74, 6) is 0. The molecule has 0 fully saturated rings. The maximum Gasteiger partial charge on any atom is 0.0945 e. The van der Waals surface area contributed by atoms with Crippen LogP contribution in [0.5, 0.6) is 0 Å². The Kier molecular flexibility index (Phi) is 4.23. The zero-order valence-corrected chi connectivity index (χ0v) is 13.2. The molecule has 0 spiro atoms. The van der Waals surface area contributed by atoms with Crippen LogP contribution >= 0.6 is 23.6 Å². The molecule has 0 saturated carbocycles. The van der Waals surface area contributed by atoms with Crippen LogP contribution in [0.4, 0.5) is 11.4 Å². The number of nitrogens with zero attached hydrogens (tertiary/aromatic N) is 1. The lowest BCUT2D eigenvalue weighted by molar-refractivity contribution is 1.53. The summed E-state index contributed by atoms with van der Waals surface area (Å²) in [5, 5.41) is 0. The molecule has 2 N–H and O–H groups in total. The van der Waals surface area contributed by atoms with Crippen LogP contribution in [0, 0.1) is 0 Å². The SMILES string of the molecule is Nc1c(N(Cl)Cl)ccc(-c2ccccc2)c1-c1ccccc1. The van der Waals surface area contributed by atoms with E-state index in [1.165, 1.54) is 0 Å². The lowest BCUT2D eigenvalue weighted by Crippen LogP contribution is -2.01. The highest BCUT2D eigenvalue weighted by Crippen LogP contribution is 2.42. The third kappa shape index (κ3) is 2.76. The van der Waals surface area contributed by atoms with Crippen molar-refractivity contribution in [2.45, 2.75) is 0 Å². The van der Waals surface area contributed by atoms with E-state index in [1.54, 1.807) is 0 Å². The summed E-state index contributed by atoms with van der Waals surface area (Å²) in [6.07, 6.45) is 0. The molecular weight excluding hydrogens is 315 g/mol. The summed E-state index contributed by atoms with van der Waals surface area (Å²) in [6, 6.07) is 23.9. The Balaban J connectivity index is 2.29. The number of benzene rings is 3. The van der Waals surface area contributed by atoms with E-state index in [1.807, 2.05) is 60.7 Å². The first-order valence-corrected chi connectivity index (χ1v) is 7.51. The van der Waals surface area contributed by atoms with Gasteiger partial charge in [-0.05, 0) is 22.8 Å². The molecule has 0 amide bonds. The van der Waals surface area contributed by atoms with Gasteiger partial charge in [-0.2, -0.15) is 3.94 Å². The van der Waals surface area contributed by atoms with Crippen LogP contribution in [-0.2, 0) is 0 Å². The Morgan fingerprint density at radius 3 is 1.77 bits per heavy atom. The number of hydrogen-bond acceptors (Lipinski definition) is 2. The third-order valence-corrected chi connectivity index (χ3v) is 3.92. The van der Waals surface area contributed by atoms with Gasteiger partial charge < -0.3 is 5.73 Å². The molecule has 110 valence electrons. The standard InChI is InChI=1S/C18H14Cl2N2/c19-22(20)16-12-11-15(13-7-3-1-4-8-13)17(18(16)21)14-9-5-2-6-10-14/h1-12H,21H2. The second-order valence-electron chi connectivity index (χ2n) is 4.89. The van der Waals surface area contributed by atoms with Crippen molar-refractivity contribution < 1.29 is 0 Å². The summed E-state index contributed by atoms with van der Waals surface area (Å²) in [7, 11) is 0. The second-order valence-corrected chi connectivity index (χ2v) is 5.74. The molecule has 0 aliphatic carbocycles. The van der Waals surface area contributed by atoms with Crippen LogP contribution < -0.4 is 9.67 Å². The molecule has 0 atom stereocenters. The second kappa shape index (κ2) is 6.30. The molecule has 0 unspecified atom stereocenters. The van der Waals surface area contributed by atoms with Crippen molar-refractivity contribution in [1.82, 2.24) is 0 Å². The number of anilines is 2. The maximum atomic E-state index is 6.34. The molecule has 0 radical (unpaired) electrons. The Hall–Kier alpha value is -2.16. The van der Waals surface area contributed by atoms with E-state index in [4.69, 9.17) is 29.3 Å². The summed E-state index contributed by atoms with van der Waals surface area (Å²) < 4.78 is 0.997. The molecule has 22 heavy (non-hydrogen) atoms. The minimum Gasteiger partial charge on any atom is -0.396 e. The Labute approximate surface area is 139 Å². The Morgan fingerprint density at radius 2 is 1.23 bits per heavy atom. The van der Waals surface area contributed by atoms with Crippen LogP contribution in [0.15, 0.2) is 72.8 Å². The average Bonchev–Trinajstić information content (AvgIpc) is 2.55. The van der Waals surface area contributed by atoms with Crippen LogP contribution in [0.25, 0.3) is 22.3 Å². The molecule has 4 heteroatoms. The largest absolute Gasteiger partial charge is 0.396 e. The van der Waals surface area contributed by atoms with E-state index in [9.17, 15) is 0 Å². The van der Waals surface area contributed by atoms with Gasteiger partial charge in [0.25, 0.3) is 0 Å². The first-order valence-electron chi connectivity index (χ1n) is 6.83. The fraction of sp³-hybridized carbons (Fsp3) is 0. The lowest BCUT2D eigenvalue weighted by Gasteiger charge is -2.18. The molecule has 0 bridgehead atoms. The quantitative estimate of drug-likeness (QED) is 0.492. The summed E-state index contributed by atoms with van der Waals surface area (Å²) in [5.41, 5.74) is 11.6. The van der Waals surface area contributed by atoms with Gasteiger partial charge in [0, 0.05) is 29.1 Å². The van der Waals surface area contributed by atoms with E-state index in [2.05, 4.69) is 12.1 Å². The number of nitrogens with two attached hydrogens (primary N) is 1. The predicted molar refractivity (Wildman–Crippen MR) is 95.9 cm³/mol. The summed E-state index contributed by atoms with van der Waals surface area (Å²) in [6.45, 7) is 0. The summed E-state index contributed by atoms with van der Waals surface area (Å²) >= 11 is 11.8. The molecular formula is C18H14Cl2N2. The number of hydrogen-bond donors (Lipinski definition) is 1. The molecule has 3 rings (SSSR count). The van der Waals surface area contributed by atoms with Gasteiger partial charge in [-0.3, -0.25) is 0 Å². The monoisotopic (exact) mass is 328 g/mol. The maximum absolute atomic E-state index is 6.34. The molecule has 0 saturated heterocycles. The molecule has 0 heterocycles. The van der Waals surface area contributed by atoms with Crippen LogP contribution in [0.3, 0.4) is 0 Å². The van der Waals surface area contributed by atoms with E-state index >= 15 is 0 Å². The Morgan fingerprint density at radius 1 is 0.682 bits per heavy atom. The molecule has 2 nitrogen and oxygen atoms in total. The van der Waals surface area contributed by atoms with Crippen molar-refractivity contribution in [3.05, 3.63) is 72.8 Å². The van der Waals surface area contributed by atoms with Gasteiger partial charge in [-0.1, -0.05) is 66.7 Å². The highest BCUT2D eigenvalue weighted by atomic mass is 35.5. The third-order valence-electron chi connectivity index (χ3n) is 3.55. The molecule has 3 aromatic rings. The lowest BCUT2D eigenvalue weighted by atomic mass is 9.92. The Bertz CT molecular complexity index is 772. The van der Waals surface area contributed by atoms with Crippen molar-refractivity contribution in [2.75, 3.05) is 9.67 Å². The van der Waals surface area contributed by atoms with Crippen molar-refractivity contribution in [2.24, 2.45) is 0 Å². The fourth-order valence-electron chi connectivity index (χ4n) is 2.53. The van der Waals surface area contributed by atoms with Crippen molar-refractivity contribution in [1.29, 1.82) is 0 Å². The zero-order chi connectivity index (χ0) is 15.5. The predicted octanol–water partition coefficient (Wildman–Crippen LogP) is 5.72. The molecule has 0 aliphatic rings. The highest BCUT2D eigenvalue weighted by molar-refractivity contribution is 6.50. The molecule has 3 aromatic carbocycles. The number of rotatable bonds is 3. The van der Waals surface area contributed by atoms with Gasteiger partial charge in [0.05, 0.1) is 11.4 Å². The highest BCUT2D eigenvalue weighted by Gasteiger charge is 2.16. The van der Waals surface area contributed by atoms with Crippen molar-refractivity contribution in [3.63, 3.8) is 0 Å². The minimum atomic E-state index is 0.553. The first-order chi connectivity index (χ1) is 10.7.